The van der Waals surface area contributed by atoms with Gasteiger partial charge in [0.2, 0.25) is 0 Å². The van der Waals surface area contributed by atoms with Crippen molar-refractivity contribution >= 4 is 34.5 Å². The summed E-state index contributed by atoms with van der Waals surface area (Å²) in [6.45, 7) is 0. The number of hydrogen-bond acceptors (Lipinski definition) is 5. The fraction of sp³-hybridized carbons (Fsp3) is 0.292. The Morgan fingerprint density at radius 3 is 2.57 bits per heavy atom. The number of aromatic nitrogens is 2. The molecule has 0 radical (unpaired) electrons. The molecule has 0 saturated carbocycles. The summed E-state index contributed by atoms with van der Waals surface area (Å²) in [6, 6.07) is 15.9. The van der Waals surface area contributed by atoms with Gasteiger partial charge >= 0.3 is 5.97 Å². The number of rotatable bonds is 10. The van der Waals surface area contributed by atoms with Crippen molar-refractivity contribution < 1.29 is 14.6 Å². The summed E-state index contributed by atoms with van der Waals surface area (Å²) in [7, 11) is 3.65. The van der Waals surface area contributed by atoms with E-state index in [-0.39, 0.29) is 6.42 Å². The van der Waals surface area contributed by atoms with Crippen molar-refractivity contribution in [1.29, 1.82) is 0 Å². The summed E-state index contributed by atoms with van der Waals surface area (Å²) in [5.41, 5.74) is 1.90. The highest BCUT2D eigenvalue weighted by Crippen LogP contribution is 2.30. The molecule has 1 N–H and O–H groups in total. The number of nitrogens with zero attached hydrogens (tertiary/aromatic N) is 3. The molecule has 6 nitrogen and oxygen atoms in total. The van der Waals surface area contributed by atoms with Crippen LogP contribution in [-0.4, -0.2) is 35.2 Å². The molecule has 0 aliphatic rings. The van der Waals surface area contributed by atoms with Gasteiger partial charge in [-0.15, -0.1) is 0 Å². The van der Waals surface area contributed by atoms with Crippen LogP contribution >= 0.6 is 0 Å². The van der Waals surface area contributed by atoms with E-state index in [1.807, 2.05) is 66.6 Å². The van der Waals surface area contributed by atoms with Crippen LogP contribution in [0.15, 0.2) is 54.6 Å². The lowest BCUT2D eigenvalue weighted by atomic mass is 10.1. The van der Waals surface area contributed by atoms with Crippen LogP contribution in [0.3, 0.4) is 0 Å². The number of carbonyl (C=O) groups is 1. The van der Waals surface area contributed by atoms with Gasteiger partial charge in [-0.3, -0.25) is 4.79 Å². The van der Waals surface area contributed by atoms with E-state index in [2.05, 4.69) is 11.1 Å². The number of allylic oxidation sites excluding steroid dienone is 1. The van der Waals surface area contributed by atoms with Crippen LogP contribution in [0.25, 0.3) is 17.0 Å². The minimum absolute atomic E-state index is 0.235. The molecule has 3 aromatic rings. The van der Waals surface area contributed by atoms with Crippen molar-refractivity contribution in [3.05, 3.63) is 60.4 Å². The highest BCUT2D eigenvalue weighted by atomic mass is 16.5. The van der Waals surface area contributed by atoms with Gasteiger partial charge < -0.3 is 14.7 Å². The van der Waals surface area contributed by atoms with Gasteiger partial charge in [0.05, 0.1) is 12.6 Å². The quantitative estimate of drug-likeness (QED) is 0.452. The smallest absolute Gasteiger partial charge is 0.303 e. The van der Waals surface area contributed by atoms with E-state index in [0.29, 0.717) is 12.2 Å². The molecule has 1 heterocycles. The maximum atomic E-state index is 10.6. The Labute approximate surface area is 176 Å². The van der Waals surface area contributed by atoms with Gasteiger partial charge in [0, 0.05) is 24.5 Å². The third kappa shape index (κ3) is 5.56. The SMILES string of the molecule is COc1ccc(N(C)c2nc(/C=C/CCCCCC(=O)O)nc3ccccc23)cc1. The first-order valence-corrected chi connectivity index (χ1v) is 10.1. The Balaban J connectivity index is 1.78. The fourth-order valence-electron chi connectivity index (χ4n) is 3.24. The topological polar surface area (TPSA) is 75.5 Å². The number of unbranched alkanes of at least 4 members (excludes halogenated alkanes) is 3. The van der Waals surface area contributed by atoms with Gasteiger partial charge in [0.1, 0.15) is 11.6 Å². The van der Waals surface area contributed by atoms with Crippen molar-refractivity contribution in [2.45, 2.75) is 32.1 Å². The second kappa shape index (κ2) is 10.4. The summed E-state index contributed by atoms with van der Waals surface area (Å²) in [4.78, 5) is 22.1. The van der Waals surface area contributed by atoms with E-state index >= 15 is 0 Å². The number of anilines is 2. The lowest BCUT2D eigenvalue weighted by molar-refractivity contribution is -0.137. The van der Waals surface area contributed by atoms with Gasteiger partial charge in [-0.05, 0) is 61.7 Å². The van der Waals surface area contributed by atoms with Crippen LogP contribution in [0.4, 0.5) is 11.5 Å². The molecule has 30 heavy (non-hydrogen) atoms. The van der Waals surface area contributed by atoms with Gasteiger partial charge in [0.15, 0.2) is 5.82 Å². The predicted molar refractivity (Wildman–Crippen MR) is 120 cm³/mol. The van der Waals surface area contributed by atoms with Crippen molar-refractivity contribution in [2.24, 2.45) is 0 Å². The van der Waals surface area contributed by atoms with Crippen LogP contribution in [-0.2, 0) is 4.79 Å². The second-order valence-corrected chi connectivity index (χ2v) is 7.08. The van der Waals surface area contributed by atoms with Gasteiger partial charge in [-0.25, -0.2) is 9.97 Å². The van der Waals surface area contributed by atoms with Crippen LogP contribution in [0.2, 0.25) is 0 Å². The number of para-hydroxylation sites is 1. The second-order valence-electron chi connectivity index (χ2n) is 7.08. The average Bonchev–Trinajstić information content (AvgIpc) is 2.77. The van der Waals surface area contributed by atoms with Crippen LogP contribution in [0.1, 0.15) is 37.9 Å². The van der Waals surface area contributed by atoms with Crippen molar-refractivity contribution in [2.75, 3.05) is 19.1 Å². The van der Waals surface area contributed by atoms with Gasteiger partial charge in [0.25, 0.3) is 0 Å². The molecule has 0 amide bonds. The van der Waals surface area contributed by atoms with E-state index in [9.17, 15) is 4.79 Å². The van der Waals surface area contributed by atoms with E-state index in [4.69, 9.17) is 14.8 Å². The third-order valence-electron chi connectivity index (χ3n) is 4.91. The fourth-order valence-corrected chi connectivity index (χ4v) is 3.24. The number of carboxylic acids is 1. The Morgan fingerprint density at radius 1 is 1.07 bits per heavy atom. The zero-order chi connectivity index (χ0) is 21.3. The Bertz CT molecular complexity index is 1020. The Hall–Kier alpha value is -3.41. The normalized spacial score (nSPS) is 11.1. The lowest BCUT2D eigenvalue weighted by Crippen LogP contribution is -2.13. The van der Waals surface area contributed by atoms with Crippen LogP contribution in [0, 0.1) is 0 Å². The van der Waals surface area contributed by atoms with Crippen molar-refractivity contribution in [1.82, 2.24) is 9.97 Å². The van der Waals surface area contributed by atoms with E-state index < -0.39 is 5.97 Å². The highest BCUT2D eigenvalue weighted by molar-refractivity contribution is 5.92. The molecular weight excluding hydrogens is 378 g/mol. The van der Waals surface area contributed by atoms with E-state index in [0.717, 1.165) is 47.4 Å². The maximum Gasteiger partial charge on any atom is 0.303 e. The summed E-state index contributed by atoms with van der Waals surface area (Å²) in [6.07, 6.45) is 7.68. The molecule has 2 aromatic carbocycles. The molecule has 0 bridgehead atoms. The Kier molecular flexibility index (Phi) is 7.38. The summed E-state index contributed by atoms with van der Waals surface area (Å²) < 4.78 is 5.25. The number of fused-ring (bicyclic) bond motifs is 1. The standard InChI is InChI=1S/C24H27N3O3/c1-27(18-14-16-19(30-2)17-15-18)24-20-10-8-9-11-21(20)25-22(26-24)12-6-4-3-5-7-13-23(28)29/h6,8-12,14-17H,3-5,7,13H2,1-2H3,(H,28,29)/b12-6+. The first-order valence-electron chi connectivity index (χ1n) is 10.1. The first-order chi connectivity index (χ1) is 14.6. The molecule has 156 valence electrons. The molecule has 0 spiro atoms. The number of aliphatic carboxylic acids is 1. The number of methoxy groups -OCH3 is 1. The number of hydrogen-bond donors (Lipinski definition) is 1. The number of ether oxygens (including phenoxy) is 1. The highest BCUT2D eigenvalue weighted by Gasteiger charge is 2.12. The first kappa shape index (κ1) is 21.3. The zero-order valence-corrected chi connectivity index (χ0v) is 17.4. The van der Waals surface area contributed by atoms with Crippen molar-refractivity contribution in [3.8, 4) is 5.75 Å². The van der Waals surface area contributed by atoms with E-state index in [1.54, 1.807) is 7.11 Å². The molecule has 0 fully saturated rings. The van der Waals surface area contributed by atoms with Crippen LogP contribution < -0.4 is 9.64 Å². The van der Waals surface area contributed by atoms with Crippen LogP contribution in [0.5, 0.6) is 5.75 Å². The number of benzene rings is 2. The minimum atomic E-state index is -0.733. The third-order valence-corrected chi connectivity index (χ3v) is 4.91. The number of carboxylic acid groups (broad SMARTS) is 1. The molecule has 0 unspecified atom stereocenters. The lowest BCUT2D eigenvalue weighted by Gasteiger charge is -2.20. The maximum absolute atomic E-state index is 10.6. The predicted octanol–water partition coefficient (Wildman–Crippen LogP) is 5.45. The summed E-state index contributed by atoms with van der Waals surface area (Å²) >= 11 is 0. The average molecular weight is 405 g/mol. The molecule has 0 aliphatic heterocycles. The largest absolute Gasteiger partial charge is 0.497 e. The molecule has 0 atom stereocenters. The van der Waals surface area contributed by atoms with Crippen molar-refractivity contribution in [3.63, 3.8) is 0 Å². The molecule has 0 saturated heterocycles. The monoisotopic (exact) mass is 405 g/mol. The van der Waals surface area contributed by atoms with Gasteiger partial charge in [-0.1, -0.05) is 24.6 Å². The molecule has 1 aromatic heterocycles. The molecular formula is C24H27N3O3. The minimum Gasteiger partial charge on any atom is -0.497 e. The zero-order valence-electron chi connectivity index (χ0n) is 17.4. The van der Waals surface area contributed by atoms with Gasteiger partial charge in [-0.2, -0.15) is 0 Å². The summed E-state index contributed by atoms with van der Waals surface area (Å²) in [5.74, 6) is 1.58. The molecule has 3 rings (SSSR count). The molecule has 6 heteroatoms. The Morgan fingerprint density at radius 2 is 1.83 bits per heavy atom. The summed E-state index contributed by atoms with van der Waals surface area (Å²) in [5, 5.41) is 9.68. The molecule has 0 aliphatic carbocycles. The van der Waals surface area contributed by atoms with E-state index in [1.165, 1.54) is 0 Å².